The first kappa shape index (κ1) is 15.8. The molecule has 8 heteroatoms. The van der Waals surface area contributed by atoms with Crippen molar-refractivity contribution in [3.8, 4) is 11.5 Å². The van der Waals surface area contributed by atoms with Crippen LogP contribution in [0.2, 0.25) is 0 Å². The summed E-state index contributed by atoms with van der Waals surface area (Å²) < 4.78 is 51.4. The molecule has 0 amide bonds. The molecule has 3 N–H and O–H groups in total. The van der Waals surface area contributed by atoms with E-state index in [1.807, 2.05) is 0 Å². The normalized spacial score (nSPS) is 12.8. The van der Waals surface area contributed by atoms with Crippen molar-refractivity contribution < 1.29 is 27.4 Å². The number of ether oxygens (including phenoxy) is 1. The number of aromatic hydroxyl groups is 1. The lowest BCUT2D eigenvalue weighted by Crippen LogP contribution is -2.18. The zero-order valence-corrected chi connectivity index (χ0v) is 9.19. The largest absolute Gasteiger partial charge is 0.573 e. The molecule has 0 aliphatic heterocycles. The van der Waals surface area contributed by atoms with E-state index in [0.29, 0.717) is 0 Å². The number of alkyl halides is 4. The van der Waals surface area contributed by atoms with E-state index in [9.17, 15) is 22.7 Å². The second-order valence-electron chi connectivity index (χ2n) is 3.03. The van der Waals surface area contributed by atoms with Crippen molar-refractivity contribution in [2.24, 2.45) is 5.73 Å². The molecule has 1 aromatic carbocycles. The molecule has 0 spiro atoms. The average molecular weight is 276 g/mol. The Balaban J connectivity index is 0.00000256. The summed E-state index contributed by atoms with van der Waals surface area (Å²) in [5, 5.41) is 9.25. The fourth-order valence-electron chi connectivity index (χ4n) is 1.11. The van der Waals surface area contributed by atoms with E-state index in [1.54, 1.807) is 0 Å². The Labute approximate surface area is 101 Å². The zero-order chi connectivity index (χ0) is 12.3. The van der Waals surface area contributed by atoms with Gasteiger partial charge in [0, 0.05) is 5.56 Å². The van der Waals surface area contributed by atoms with Crippen LogP contribution in [0.4, 0.5) is 17.6 Å². The highest BCUT2D eigenvalue weighted by Gasteiger charge is 2.31. The number of benzene rings is 1. The van der Waals surface area contributed by atoms with Gasteiger partial charge in [-0.3, -0.25) is 0 Å². The van der Waals surface area contributed by atoms with Gasteiger partial charge in [-0.05, 0) is 18.2 Å². The van der Waals surface area contributed by atoms with E-state index in [2.05, 4.69) is 4.74 Å². The quantitative estimate of drug-likeness (QED) is 0.834. The van der Waals surface area contributed by atoms with Gasteiger partial charge in [0.2, 0.25) is 0 Å². The van der Waals surface area contributed by atoms with Gasteiger partial charge in [0.1, 0.15) is 18.2 Å². The highest BCUT2D eigenvalue weighted by Crippen LogP contribution is 2.30. The molecule has 1 aromatic rings. The van der Waals surface area contributed by atoms with Crippen LogP contribution >= 0.6 is 12.4 Å². The van der Waals surface area contributed by atoms with Crippen molar-refractivity contribution >= 4 is 12.4 Å². The summed E-state index contributed by atoms with van der Waals surface area (Å²) in [4.78, 5) is 0. The Hall–Kier alpha value is -1.21. The maximum Gasteiger partial charge on any atom is 0.573 e. The third-order valence-corrected chi connectivity index (χ3v) is 1.80. The summed E-state index contributed by atoms with van der Waals surface area (Å²) in [5.74, 6) is -0.927. The third kappa shape index (κ3) is 4.66. The first-order chi connectivity index (χ1) is 7.33. The van der Waals surface area contributed by atoms with Crippen molar-refractivity contribution in [2.75, 3.05) is 6.67 Å². The van der Waals surface area contributed by atoms with Crippen molar-refractivity contribution in [1.82, 2.24) is 0 Å². The molecule has 0 saturated heterocycles. The summed E-state index contributed by atoms with van der Waals surface area (Å²) in [6.45, 7) is -0.997. The molecule has 0 saturated carbocycles. The van der Waals surface area contributed by atoms with Gasteiger partial charge in [0.25, 0.3) is 0 Å². The van der Waals surface area contributed by atoms with E-state index < -0.39 is 24.8 Å². The minimum Gasteiger partial charge on any atom is -0.508 e. The third-order valence-electron chi connectivity index (χ3n) is 1.80. The Bertz CT molecular complexity index is 373. The predicted molar refractivity (Wildman–Crippen MR) is 54.9 cm³/mol. The van der Waals surface area contributed by atoms with Crippen LogP contribution in [-0.2, 0) is 0 Å². The molecule has 17 heavy (non-hydrogen) atoms. The summed E-state index contributed by atoms with van der Waals surface area (Å²) in [5.41, 5.74) is 5.12. The van der Waals surface area contributed by atoms with Crippen LogP contribution < -0.4 is 10.5 Å². The smallest absolute Gasteiger partial charge is 0.508 e. The molecule has 0 fully saturated rings. The number of halogens is 5. The Morgan fingerprint density at radius 2 is 1.94 bits per heavy atom. The Morgan fingerprint density at radius 3 is 2.41 bits per heavy atom. The Kier molecular flexibility index (Phi) is 5.50. The number of rotatable bonds is 3. The van der Waals surface area contributed by atoms with Crippen molar-refractivity contribution in [1.29, 1.82) is 0 Å². The van der Waals surface area contributed by atoms with Crippen LogP contribution in [-0.4, -0.2) is 18.1 Å². The van der Waals surface area contributed by atoms with Crippen LogP contribution in [0.15, 0.2) is 18.2 Å². The van der Waals surface area contributed by atoms with Crippen LogP contribution in [0.1, 0.15) is 11.6 Å². The molecule has 1 atom stereocenters. The van der Waals surface area contributed by atoms with Gasteiger partial charge in [0.15, 0.2) is 0 Å². The number of phenols is 1. The molecule has 1 rings (SSSR count). The van der Waals surface area contributed by atoms with Crippen LogP contribution in [0.25, 0.3) is 0 Å². The lowest BCUT2D eigenvalue weighted by molar-refractivity contribution is -0.274. The monoisotopic (exact) mass is 275 g/mol. The van der Waals surface area contributed by atoms with Gasteiger partial charge in [0.05, 0.1) is 6.04 Å². The van der Waals surface area contributed by atoms with Crippen molar-refractivity contribution in [2.45, 2.75) is 12.4 Å². The number of hydrogen-bond donors (Lipinski definition) is 2. The van der Waals surface area contributed by atoms with E-state index in [-0.39, 0.29) is 23.7 Å². The zero-order valence-electron chi connectivity index (χ0n) is 8.37. The molecule has 3 nitrogen and oxygen atoms in total. The van der Waals surface area contributed by atoms with E-state index in [0.717, 1.165) is 18.2 Å². The summed E-state index contributed by atoms with van der Waals surface area (Å²) in [6, 6.07) is 1.55. The summed E-state index contributed by atoms with van der Waals surface area (Å²) >= 11 is 0. The van der Waals surface area contributed by atoms with Crippen LogP contribution in [0, 0.1) is 0 Å². The van der Waals surface area contributed by atoms with E-state index in [1.165, 1.54) is 0 Å². The Morgan fingerprint density at radius 1 is 1.35 bits per heavy atom. The SMILES string of the molecule is Cl.N[C@H](CF)c1cc(OC(F)(F)F)ccc1O. The van der Waals surface area contributed by atoms with Gasteiger partial charge in [-0.1, -0.05) is 0 Å². The van der Waals surface area contributed by atoms with Gasteiger partial charge in [-0.15, -0.1) is 25.6 Å². The molecule has 0 aromatic heterocycles. The predicted octanol–water partition coefficient (Wildman–Crippen LogP) is 2.68. The van der Waals surface area contributed by atoms with E-state index >= 15 is 0 Å². The molecule has 0 aliphatic rings. The second-order valence-corrected chi connectivity index (χ2v) is 3.03. The molecule has 0 unspecified atom stereocenters. The molecule has 0 radical (unpaired) electrons. The van der Waals surface area contributed by atoms with Crippen molar-refractivity contribution in [3.63, 3.8) is 0 Å². The van der Waals surface area contributed by atoms with Gasteiger partial charge in [-0.25, -0.2) is 4.39 Å². The maximum atomic E-state index is 12.2. The standard InChI is InChI=1S/C9H9F4NO2.ClH/c10-4-7(14)6-3-5(1-2-8(6)15)16-9(11,12)13;/h1-3,7,15H,4,14H2;1H/t7-;/m1./s1. The highest BCUT2D eigenvalue weighted by atomic mass is 35.5. The molecular weight excluding hydrogens is 266 g/mol. The highest BCUT2D eigenvalue weighted by molar-refractivity contribution is 5.85. The fraction of sp³-hybridized carbons (Fsp3) is 0.333. The number of nitrogens with two attached hydrogens (primary N) is 1. The van der Waals surface area contributed by atoms with Gasteiger partial charge in [-0.2, -0.15) is 0 Å². The van der Waals surface area contributed by atoms with E-state index in [4.69, 9.17) is 5.73 Å². The van der Waals surface area contributed by atoms with Crippen LogP contribution in [0.5, 0.6) is 11.5 Å². The molecule has 98 valence electrons. The number of hydrogen-bond acceptors (Lipinski definition) is 3. The molecule has 0 aliphatic carbocycles. The maximum absolute atomic E-state index is 12.2. The molecule has 0 bridgehead atoms. The van der Waals surface area contributed by atoms with Crippen molar-refractivity contribution in [3.05, 3.63) is 23.8 Å². The summed E-state index contributed by atoms with van der Waals surface area (Å²) in [7, 11) is 0. The van der Waals surface area contributed by atoms with Gasteiger partial charge < -0.3 is 15.6 Å². The minimum absolute atomic E-state index is 0. The fourth-order valence-corrected chi connectivity index (χ4v) is 1.11. The molecule has 0 heterocycles. The lowest BCUT2D eigenvalue weighted by atomic mass is 10.1. The molecular formula is C9H10ClF4NO2. The first-order valence-corrected chi connectivity index (χ1v) is 4.23. The summed E-state index contributed by atoms with van der Waals surface area (Å²) in [6.07, 6.45) is -4.84. The van der Waals surface area contributed by atoms with Crippen LogP contribution in [0.3, 0.4) is 0 Å². The van der Waals surface area contributed by atoms with Gasteiger partial charge >= 0.3 is 6.36 Å². The lowest BCUT2D eigenvalue weighted by Gasteiger charge is -2.13. The first-order valence-electron chi connectivity index (χ1n) is 4.23. The average Bonchev–Trinajstić information content (AvgIpc) is 2.18. The minimum atomic E-state index is -4.84. The second kappa shape index (κ2) is 5.92. The number of phenolic OH excluding ortho intramolecular Hbond substituents is 1. The topological polar surface area (TPSA) is 55.5 Å².